The number of rotatable bonds is 1. The number of benzene rings is 2. The number of aliphatic hydroxyl groups excluding tert-OH is 1. The number of carbonyl (C=O) groups is 1. The van der Waals surface area contributed by atoms with Crippen LogP contribution in [0.4, 0.5) is 13.2 Å². The molecule has 4 N–H and O–H groups in total. The van der Waals surface area contributed by atoms with Gasteiger partial charge in [-0.2, -0.15) is 13.2 Å². The van der Waals surface area contributed by atoms with Crippen LogP contribution >= 0.6 is 11.6 Å². The zero-order chi connectivity index (χ0) is 24.7. The molecule has 7 nitrogen and oxygen atoms in total. The van der Waals surface area contributed by atoms with Gasteiger partial charge in [0.1, 0.15) is 24.0 Å². The van der Waals surface area contributed by atoms with Crippen LogP contribution in [0.1, 0.15) is 24.8 Å². The van der Waals surface area contributed by atoms with E-state index in [1.807, 2.05) is 36.4 Å². The average molecular weight is 499 g/mol. The lowest BCUT2D eigenvalue weighted by Crippen LogP contribution is -2.51. The molecule has 2 aliphatic heterocycles. The van der Waals surface area contributed by atoms with Crippen LogP contribution in [0.15, 0.2) is 47.5 Å². The van der Waals surface area contributed by atoms with Crippen LogP contribution < -0.4 is 10.5 Å². The summed E-state index contributed by atoms with van der Waals surface area (Å²) in [6.07, 6.45) is -3.24. The van der Waals surface area contributed by atoms with Crippen molar-refractivity contribution in [2.24, 2.45) is 16.6 Å². The van der Waals surface area contributed by atoms with Crippen molar-refractivity contribution in [2.75, 3.05) is 6.61 Å². The molecule has 3 aliphatic rings. The number of aliphatic hydroxyl groups is 1. The number of hydrogen-bond acceptors (Lipinski definition) is 6. The number of carboxylic acid groups (broad SMARTS) is 1. The molecule has 0 bridgehead atoms. The highest BCUT2D eigenvalue weighted by atomic mass is 35.5. The van der Waals surface area contributed by atoms with Gasteiger partial charge in [0.2, 0.25) is 0 Å². The molecule has 0 radical (unpaired) electrons. The van der Waals surface area contributed by atoms with Crippen LogP contribution in [0.25, 0.3) is 11.1 Å². The van der Waals surface area contributed by atoms with E-state index in [0.29, 0.717) is 18.1 Å². The lowest BCUT2D eigenvalue weighted by atomic mass is 9.67. The first-order valence-corrected chi connectivity index (χ1v) is 10.9. The topological polar surface area (TPSA) is 114 Å². The number of ether oxygens (including phenoxy) is 2. The number of alkyl halides is 3. The predicted octanol–water partition coefficient (Wildman–Crippen LogP) is 4.10. The third-order valence-electron chi connectivity index (χ3n) is 6.25. The van der Waals surface area contributed by atoms with E-state index >= 15 is 0 Å². The molecule has 11 heteroatoms. The molecule has 182 valence electrons. The summed E-state index contributed by atoms with van der Waals surface area (Å²) in [5.41, 5.74) is 8.35. The summed E-state index contributed by atoms with van der Waals surface area (Å²) < 4.78 is 43.7. The van der Waals surface area contributed by atoms with Crippen molar-refractivity contribution in [3.8, 4) is 16.9 Å². The van der Waals surface area contributed by atoms with Crippen molar-refractivity contribution in [3.05, 3.63) is 53.1 Å². The molecule has 4 atom stereocenters. The second-order valence-corrected chi connectivity index (χ2v) is 8.85. The molecular weight excluding hydrogens is 477 g/mol. The van der Waals surface area contributed by atoms with Gasteiger partial charge < -0.3 is 25.4 Å². The van der Waals surface area contributed by atoms with Crippen LogP contribution in [0.5, 0.6) is 5.75 Å². The first-order chi connectivity index (χ1) is 16.0. The number of nitrogens with zero attached hydrogens (tertiary/aromatic N) is 1. The Kier molecular flexibility index (Phi) is 6.39. The molecule has 1 fully saturated rings. The van der Waals surface area contributed by atoms with E-state index in [2.05, 4.69) is 6.07 Å². The average Bonchev–Trinajstić information content (AvgIpc) is 3.16. The minimum absolute atomic E-state index is 0.0103. The van der Waals surface area contributed by atoms with E-state index in [-0.39, 0.29) is 24.1 Å². The van der Waals surface area contributed by atoms with Gasteiger partial charge in [-0.15, -0.1) is 0 Å². The number of carboxylic acids is 1. The Morgan fingerprint density at radius 3 is 2.50 bits per heavy atom. The summed E-state index contributed by atoms with van der Waals surface area (Å²) in [4.78, 5) is 13.6. The van der Waals surface area contributed by atoms with Gasteiger partial charge in [-0.3, -0.25) is 0 Å². The largest absolute Gasteiger partial charge is 0.490 e. The maximum atomic E-state index is 10.6. The van der Waals surface area contributed by atoms with Gasteiger partial charge in [0.05, 0.1) is 6.10 Å². The molecule has 2 aromatic rings. The van der Waals surface area contributed by atoms with Crippen LogP contribution in [0.2, 0.25) is 5.02 Å². The second kappa shape index (κ2) is 8.99. The number of halogens is 4. The smallest absolute Gasteiger partial charge is 0.490 e. The molecule has 0 aromatic heterocycles. The van der Waals surface area contributed by atoms with Gasteiger partial charge in [0.25, 0.3) is 6.02 Å². The normalized spacial score (nSPS) is 27.3. The molecule has 0 saturated heterocycles. The number of amidine groups is 1. The Labute approximate surface area is 198 Å². The van der Waals surface area contributed by atoms with E-state index in [9.17, 15) is 18.3 Å². The second-order valence-electron chi connectivity index (χ2n) is 8.42. The molecule has 2 heterocycles. The van der Waals surface area contributed by atoms with E-state index < -0.39 is 17.7 Å². The molecule has 1 spiro atoms. The Morgan fingerprint density at radius 2 is 1.88 bits per heavy atom. The van der Waals surface area contributed by atoms with Crippen LogP contribution in [-0.2, 0) is 15.1 Å². The Hall–Kier alpha value is -2.98. The van der Waals surface area contributed by atoms with E-state index in [4.69, 9.17) is 41.7 Å². The Balaban J connectivity index is 0.000000344. The van der Waals surface area contributed by atoms with Gasteiger partial charge in [0, 0.05) is 16.5 Å². The highest BCUT2D eigenvalue weighted by Crippen LogP contribution is 2.53. The minimum atomic E-state index is -5.08. The van der Waals surface area contributed by atoms with E-state index in [1.165, 1.54) is 0 Å². The van der Waals surface area contributed by atoms with E-state index in [0.717, 1.165) is 35.3 Å². The first-order valence-electron chi connectivity index (χ1n) is 10.5. The quantitative estimate of drug-likeness (QED) is 0.545. The van der Waals surface area contributed by atoms with Gasteiger partial charge >= 0.3 is 12.1 Å². The van der Waals surface area contributed by atoms with Crippen molar-refractivity contribution in [1.29, 1.82) is 0 Å². The summed E-state index contributed by atoms with van der Waals surface area (Å²) in [6.45, 7) is 0.377. The predicted molar refractivity (Wildman–Crippen MR) is 118 cm³/mol. The first kappa shape index (κ1) is 24.2. The molecule has 1 saturated carbocycles. The summed E-state index contributed by atoms with van der Waals surface area (Å²) in [6, 6.07) is 14.1. The monoisotopic (exact) mass is 498 g/mol. The SMILES string of the molecule is NC1=NC2(CO1)c1cc(-c3cccc(Cl)c3)ccc1OC1CCC(O)CC12.O=C(O)C(F)(F)F. The highest BCUT2D eigenvalue weighted by Gasteiger charge is 2.55. The zero-order valence-corrected chi connectivity index (χ0v) is 18.5. The zero-order valence-electron chi connectivity index (χ0n) is 17.8. The maximum absolute atomic E-state index is 10.6. The molecule has 0 amide bonds. The number of aliphatic imine (C=N–C) groups is 1. The number of hydrogen-bond donors (Lipinski definition) is 3. The molecule has 4 unspecified atom stereocenters. The summed E-state index contributed by atoms with van der Waals surface area (Å²) in [7, 11) is 0. The van der Waals surface area contributed by atoms with Crippen molar-refractivity contribution in [1.82, 2.24) is 0 Å². The molecule has 34 heavy (non-hydrogen) atoms. The van der Waals surface area contributed by atoms with Gasteiger partial charge in [-0.05, 0) is 54.7 Å². The van der Waals surface area contributed by atoms with Crippen molar-refractivity contribution in [3.63, 3.8) is 0 Å². The number of aliphatic carboxylic acids is 1. The number of fused-ring (bicyclic) bond motifs is 4. The van der Waals surface area contributed by atoms with Crippen LogP contribution in [0.3, 0.4) is 0 Å². The summed E-state index contributed by atoms with van der Waals surface area (Å²) >= 11 is 6.17. The van der Waals surface area contributed by atoms with Gasteiger partial charge in [0.15, 0.2) is 0 Å². The summed E-state index contributed by atoms with van der Waals surface area (Å²) in [5, 5.41) is 18.1. The Morgan fingerprint density at radius 1 is 1.18 bits per heavy atom. The summed E-state index contributed by atoms with van der Waals surface area (Å²) in [5.74, 6) is -1.91. The highest BCUT2D eigenvalue weighted by molar-refractivity contribution is 6.30. The minimum Gasteiger partial charge on any atom is -0.490 e. The van der Waals surface area contributed by atoms with Gasteiger partial charge in [-0.1, -0.05) is 29.8 Å². The molecule has 5 rings (SSSR count). The lowest BCUT2D eigenvalue weighted by Gasteiger charge is -2.47. The van der Waals surface area contributed by atoms with Crippen molar-refractivity contribution in [2.45, 2.75) is 43.2 Å². The van der Waals surface area contributed by atoms with Crippen LogP contribution in [0, 0.1) is 5.92 Å². The fraction of sp³-hybridized carbons (Fsp3) is 0.391. The number of nitrogens with two attached hydrogens (primary N) is 1. The standard InChI is InChI=1S/C21H21ClN2O3.C2HF3O2/c22-14-3-1-2-12(8-14)13-4-6-18-16(9-13)21(11-26-20(23)24-21)17-10-15(25)5-7-19(17)27-18;3-2(4,5)1(6)7/h1-4,6,8-9,15,17,19,25H,5,7,10-11H2,(H2,23,24);(H,6,7). The van der Waals surface area contributed by atoms with Gasteiger partial charge in [-0.25, -0.2) is 9.79 Å². The lowest BCUT2D eigenvalue weighted by molar-refractivity contribution is -0.192. The molecular formula is C23H22ClF3N2O5. The maximum Gasteiger partial charge on any atom is 0.490 e. The van der Waals surface area contributed by atoms with Crippen molar-refractivity contribution < 1.29 is 37.7 Å². The third kappa shape index (κ3) is 4.65. The van der Waals surface area contributed by atoms with Crippen LogP contribution in [-0.4, -0.2) is 47.2 Å². The Bertz CT molecular complexity index is 1130. The fourth-order valence-corrected chi connectivity index (χ4v) is 4.91. The van der Waals surface area contributed by atoms with Crippen molar-refractivity contribution >= 4 is 23.6 Å². The fourth-order valence-electron chi connectivity index (χ4n) is 4.72. The molecule has 2 aromatic carbocycles. The van der Waals surface area contributed by atoms with E-state index in [1.54, 1.807) is 0 Å². The third-order valence-corrected chi connectivity index (χ3v) is 6.48. The molecule has 1 aliphatic carbocycles.